The highest BCUT2D eigenvalue weighted by Gasteiger charge is 2.23. The summed E-state index contributed by atoms with van der Waals surface area (Å²) in [5.41, 5.74) is 2.25. The van der Waals surface area contributed by atoms with Gasteiger partial charge in [-0.05, 0) is 37.0 Å². The predicted molar refractivity (Wildman–Crippen MR) is 115 cm³/mol. The number of rotatable bonds is 4. The summed E-state index contributed by atoms with van der Waals surface area (Å²) in [6.45, 7) is 6.84. The number of nitrogens with one attached hydrogen (secondary N) is 1. The summed E-state index contributed by atoms with van der Waals surface area (Å²) >= 11 is 1.79. The lowest BCUT2D eigenvalue weighted by Gasteiger charge is -2.13. The number of aryl methyl sites for hydroxylation is 2. The fourth-order valence-electron chi connectivity index (χ4n) is 3.65. The van der Waals surface area contributed by atoms with Crippen LogP contribution in [0.5, 0.6) is 0 Å². The van der Waals surface area contributed by atoms with Gasteiger partial charge in [-0.15, -0.1) is 11.3 Å². The molecule has 1 aliphatic carbocycles. The summed E-state index contributed by atoms with van der Waals surface area (Å²) in [6.07, 6.45) is 8.80. The molecule has 0 spiro atoms. The van der Waals surface area contributed by atoms with E-state index in [0.29, 0.717) is 18.3 Å². The number of aromatic nitrogens is 4. The first-order chi connectivity index (χ1) is 14.0. The van der Waals surface area contributed by atoms with Crippen molar-refractivity contribution >= 4 is 27.4 Å². The molecule has 0 amide bonds. The van der Waals surface area contributed by atoms with E-state index in [-0.39, 0.29) is 5.41 Å². The molecule has 6 nitrogen and oxygen atoms in total. The standard InChI is InChI=1S/C22H23N5OS/c1-22(2,3)16-11-24-17(28-16)12-25-20-18-14-7-4-8-15(14)29-21(18)27-19(26-20)13-6-5-9-23-10-13/h5-6,9-11H,4,7-8,12H2,1-3H3,(H,25,26,27). The van der Waals surface area contributed by atoms with Gasteiger partial charge in [0.15, 0.2) is 5.82 Å². The van der Waals surface area contributed by atoms with Crippen LogP contribution in [0.15, 0.2) is 35.1 Å². The molecular formula is C22H23N5OS. The van der Waals surface area contributed by atoms with Gasteiger partial charge in [-0.2, -0.15) is 0 Å². The molecule has 0 radical (unpaired) electrons. The second-order valence-corrected chi connectivity index (χ2v) is 9.48. The Morgan fingerprint density at radius 2 is 2.07 bits per heavy atom. The lowest BCUT2D eigenvalue weighted by Crippen LogP contribution is -2.09. The average Bonchev–Trinajstić information content (AvgIpc) is 3.42. The van der Waals surface area contributed by atoms with E-state index in [1.54, 1.807) is 23.7 Å². The zero-order valence-corrected chi connectivity index (χ0v) is 17.6. The monoisotopic (exact) mass is 405 g/mol. The molecule has 0 bridgehead atoms. The van der Waals surface area contributed by atoms with E-state index in [2.05, 4.69) is 36.1 Å². The van der Waals surface area contributed by atoms with Crippen molar-refractivity contribution in [2.75, 3.05) is 5.32 Å². The van der Waals surface area contributed by atoms with Gasteiger partial charge in [-0.25, -0.2) is 15.0 Å². The van der Waals surface area contributed by atoms with E-state index in [4.69, 9.17) is 14.4 Å². The van der Waals surface area contributed by atoms with Gasteiger partial charge >= 0.3 is 0 Å². The largest absolute Gasteiger partial charge is 0.443 e. The normalized spacial score (nSPS) is 13.8. The Hall–Kier alpha value is -2.80. The summed E-state index contributed by atoms with van der Waals surface area (Å²) < 4.78 is 5.95. The molecule has 1 aliphatic rings. The first-order valence-corrected chi connectivity index (χ1v) is 10.7. The van der Waals surface area contributed by atoms with Gasteiger partial charge < -0.3 is 9.73 Å². The smallest absolute Gasteiger partial charge is 0.213 e. The van der Waals surface area contributed by atoms with E-state index in [0.717, 1.165) is 40.2 Å². The number of hydrogen-bond donors (Lipinski definition) is 1. The van der Waals surface area contributed by atoms with E-state index in [1.165, 1.54) is 16.9 Å². The highest BCUT2D eigenvalue weighted by molar-refractivity contribution is 7.19. The molecule has 0 unspecified atom stereocenters. The molecule has 4 aromatic heterocycles. The van der Waals surface area contributed by atoms with Crippen molar-refractivity contribution in [1.29, 1.82) is 0 Å². The number of nitrogens with zero attached hydrogens (tertiary/aromatic N) is 4. The van der Waals surface area contributed by atoms with Gasteiger partial charge in [0.25, 0.3) is 0 Å². The first kappa shape index (κ1) is 18.2. The third-order valence-corrected chi connectivity index (χ3v) is 6.37. The highest BCUT2D eigenvalue weighted by atomic mass is 32.1. The Labute approximate surface area is 173 Å². The fraction of sp³-hybridized carbons (Fsp3) is 0.364. The van der Waals surface area contributed by atoms with Gasteiger partial charge in [0.1, 0.15) is 16.4 Å². The third-order valence-electron chi connectivity index (χ3n) is 5.18. The maximum absolute atomic E-state index is 5.95. The van der Waals surface area contributed by atoms with Crippen LogP contribution in [0.3, 0.4) is 0 Å². The van der Waals surface area contributed by atoms with Crippen LogP contribution in [0.25, 0.3) is 21.6 Å². The van der Waals surface area contributed by atoms with E-state index >= 15 is 0 Å². The van der Waals surface area contributed by atoms with E-state index < -0.39 is 0 Å². The van der Waals surface area contributed by atoms with Crippen molar-refractivity contribution < 1.29 is 4.42 Å². The molecule has 4 aromatic rings. The van der Waals surface area contributed by atoms with Gasteiger partial charge in [-0.3, -0.25) is 4.98 Å². The van der Waals surface area contributed by atoms with Crippen molar-refractivity contribution in [2.45, 2.75) is 52.0 Å². The number of pyridine rings is 1. The number of fused-ring (bicyclic) bond motifs is 3. The van der Waals surface area contributed by atoms with Crippen molar-refractivity contribution in [3.8, 4) is 11.4 Å². The Bertz CT molecular complexity index is 1170. The first-order valence-electron chi connectivity index (χ1n) is 9.91. The second-order valence-electron chi connectivity index (χ2n) is 8.40. The lowest BCUT2D eigenvalue weighted by molar-refractivity contribution is 0.385. The van der Waals surface area contributed by atoms with E-state index in [1.807, 2.05) is 18.3 Å². The zero-order valence-electron chi connectivity index (χ0n) is 16.8. The molecule has 0 atom stereocenters. The fourth-order valence-corrected chi connectivity index (χ4v) is 4.91. The molecule has 0 saturated carbocycles. The molecule has 7 heteroatoms. The van der Waals surface area contributed by atoms with Crippen LogP contribution in [0, 0.1) is 0 Å². The molecular weight excluding hydrogens is 382 g/mol. The van der Waals surface area contributed by atoms with Gasteiger partial charge in [0.05, 0.1) is 18.1 Å². The number of hydrogen-bond acceptors (Lipinski definition) is 7. The van der Waals surface area contributed by atoms with Crippen LogP contribution in [0.1, 0.15) is 49.3 Å². The summed E-state index contributed by atoms with van der Waals surface area (Å²) in [5, 5.41) is 4.62. The Kier molecular flexibility index (Phi) is 4.35. The summed E-state index contributed by atoms with van der Waals surface area (Å²) in [7, 11) is 0. The van der Waals surface area contributed by atoms with Crippen molar-refractivity contribution in [3.63, 3.8) is 0 Å². The average molecular weight is 406 g/mol. The topological polar surface area (TPSA) is 76.7 Å². The highest BCUT2D eigenvalue weighted by Crippen LogP contribution is 2.40. The summed E-state index contributed by atoms with van der Waals surface area (Å²) in [6, 6.07) is 3.90. The van der Waals surface area contributed by atoms with Crippen LogP contribution in [0.2, 0.25) is 0 Å². The lowest BCUT2D eigenvalue weighted by atomic mass is 9.94. The zero-order chi connectivity index (χ0) is 20.0. The molecule has 1 N–H and O–H groups in total. The minimum absolute atomic E-state index is 0.0604. The van der Waals surface area contributed by atoms with Crippen LogP contribution in [0.4, 0.5) is 5.82 Å². The van der Waals surface area contributed by atoms with Crippen LogP contribution in [-0.2, 0) is 24.8 Å². The molecule has 0 aromatic carbocycles. The molecule has 5 rings (SSSR count). The van der Waals surface area contributed by atoms with Gasteiger partial charge in [-0.1, -0.05) is 20.8 Å². The van der Waals surface area contributed by atoms with Crippen molar-refractivity contribution in [3.05, 3.63) is 52.8 Å². The molecule has 0 saturated heterocycles. The minimum Gasteiger partial charge on any atom is -0.443 e. The number of anilines is 1. The van der Waals surface area contributed by atoms with Gasteiger partial charge in [0, 0.05) is 28.2 Å². The molecule has 0 aliphatic heterocycles. The van der Waals surface area contributed by atoms with Crippen LogP contribution in [-0.4, -0.2) is 19.9 Å². The minimum atomic E-state index is -0.0604. The molecule has 29 heavy (non-hydrogen) atoms. The maximum atomic E-state index is 5.95. The SMILES string of the molecule is CC(C)(C)c1cnc(CNc2nc(-c3cccnc3)nc3sc4c(c23)CCC4)o1. The number of thiophene rings is 1. The molecule has 0 fully saturated rings. The van der Waals surface area contributed by atoms with Crippen LogP contribution >= 0.6 is 11.3 Å². The molecule has 4 heterocycles. The summed E-state index contributed by atoms with van der Waals surface area (Å²) in [4.78, 5) is 20.8. The quantitative estimate of drug-likeness (QED) is 0.507. The van der Waals surface area contributed by atoms with Crippen molar-refractivity contribution in [1.82, 2.24) is 19.9 Å². The maximum Gasteiger partial charge on any atom is 0.213 e. The third kappa shape index (κ3) is 3.40. The van der Waals surface area contributed by atoms with Crippen molar-refractivity contribution in [2.24, 2.45) is 0 Å². The Morgan fingerprint density at radius 3 is 2.83 bits per heavy atom. The second kappa shape index (κ2) is 6.91. The predicted octanol–water partition coefficient (Wildman–Crippen LogP) is 5.14. The summed E-state index contributed by atoms with van der Waals surface area (Å²) in [5.74, 6) is 3.09. The molecule has 148 valence electrons. The Balaban J connectivity index is 1.53. The van der Waals surface area contributed by atoms with E-state index in [9.17, 15) is 0 Å². The van der Waals surface area contributed by atoms with Crippen LogP contribution < -0.4 is 5.32 Å². The number of oxazole rings is 1. The Morgan fingerprint density at radius 1 is 1.17 bits per heavy atom. The van der Waals surface area contributed by atoms with Gasteiger partial charge in [0.2, 0.25) is 5.89 Å².